The second kappa shape index (κ2) is 75.5. The lowest BCUT2D eigenvalue weighted by Gasteiger charge is -2.20. The van der Waals surface area contributed by atoms with Gasteiger partial charge in [0.25, 0.3) is 0 Å². The Balaban J connectivity index is -0.0000000275. The molecule has 0 aromatic heterocycles. The first kappa shape index (κ1) is 42.7. The van der Waals surface area contributed by atoms with Gasteiger partial charge in [-0.15, -0.1) is 0 Å². The molecule has 13 heteroatoms. The Morgan fingerprint density at radius 2 is 0.905 bits per heavy atom. The highest BCUT2D eigenvalue weighted by atomic mass is 20.0. The summed E-state index contributed by atoms with van der Waals surface area (Å²) >= 11 is 0. The molecular weight excluding hydrogens is 340 g/mol. The number of halogens is 12. The van der Waals surface area contributed by atoms with Gasteiger partial charge in [0, 0.05) is 61.5 Å². The van der Waals surface area contributed by atoms with Crippen LogP contribution in [-0.4, -0.2) is 11.7 Å². The molecule has 0 aliphatic carbocycles. The lowest BCUT2D eigenvalue weighted by molar-refractivity contribution is 0.108. The van der Waals surface area contributed by atoms with Gasteiger partial charge in [0.15, 0.2) is 0 Å². The van der Waals surface area contributed by atoms with Gasteiger partial charge in [0.05, 0.1) is 0 Å². The van der Waals surface area contributed by atoms with E-state index in [4.69, 9.17) is 60.0 Å². The quantitative estimate of drug-likeness (QED) is 0.525. The average Bonchev–Trinajstić information content (AvgIpc) is 2.63. The van der Waals surface area contributed by atoms with Crippen molar-refractivity contribution in [2.24, 2.45) is 5.41 Å². The number of unbranched alkanes of at least 4 members (excludes halogenated alkanes) is 1. The van der Waals surface area contributed by atoms with E-state index in [0.29, 0.717) is 6.61 Å². The first-order valence-electron chi connectivity index (χ1n) is 4.59. The van der Waals surface area contributed by atoms with E-state index >= 15 is 0 Å². The van der Waals surface area contributed by atoms with Gasteiger partial charge >= 0.3 is 0 Å². The number of aliphatic hydroxyl groups is 1. The molecule has 0 radical (unpaired) electrons. The Kier molecular flexibility index (Phi) is 154. The molecule has 0 bridgehead atoms. The highest BCUT2D eigenvalue weighted by Gasteiger charge is 2.14. The summed E-state index contributed by atoms with van der Waals surface area (Å²) in [6, 6.07) is 0. The van der Waals surface area contributed by atoms with Crippen molar-refractivity contribution in [3.05, 3.63) is 0 Å². The smallest absolute Gasteiger partial charge is 0.0482 e. The summed E-state index contributed by atoms with van der Waals surface area (Å²) < 4.78 is 96.0. The zero-order valence-corrected chi connectivity index (χ0v) is 11.3. The number of rotatable bonds is 4. The van der Waals surface area contributed by atoms with E-state index in [1.165, 1.54) is 12.8 Å². The minimum absolute atomic E-state index is 0.149. The van der Waals surface area contributed by atoms with Crippen molar-refractivity contribution in [2.75, 3.05) is 6.61 Å². The third-order valence-corrected chi connectivity index (χ3v) is 1.64. The third kappa shape index (κ3) is 111. The fourth-order valence-corrected chi connectivity index (χ4v) is 0.734. The second-order valence-corrected chi connectivity index (χ2v) is 3.43. The Hall–Kier alpha value is -0.880. The van der Waals surface area contributed by atoms with E-state index in [0.717, 1.165) is 6.42 Å². The fourth-order valence-electron chi connectivity index (χ4n) is 0.734. The molecule has 0 unspecified atom stereocenters. The largest absolute Gasteiger partial charge is 0.396 e. The van der Waals surface area contributed by atoms with Crippen LogP contribution >= 0.6 is 0 Å². The average molecular weight is 358 g/mol. The van der Waals surface area contributed by atoms with E-state index < -0.39 is 0 Å². The molecule has 0 atom stereocenters. The molecule has 0 amide bonds. The van der Waals surface area contributed by atoms with Gasteiger partial charge in [-0.2, -0.15) is 0 Å². The molecule has 0 heterocycles. The standard InChI is InChI=1S/C8H18O.6F2/c1-4-5-6-8(2,3)7-9;6*1-2/h9H,4-7H2,1-3H3;;;;;;. The predicted molar refractivity (Wildman–Crippen MR) is 53.7 cm³/mol. The van der Waals surface area contributed by atoms with Crippen molar-refractivity contribution in [2.45, 2.75) is 40.0 Å². The van der Waals surface area contributed by atoms with Crippen LogP contribution in [0.4, 0.5) is 54.9 Å². The molecule has 0 spiro atoms. The third-order valence-electron chi connectivity index (χ3n) is 1.64. The maximum atomic E-state index is 8.82. The van der Waals surface area contributed by atoms with Gasteiger partial charge < -0.3 is 5.11 Å². The van der Waals surface area contributed by atoms with Crippen molar-refractivity contribution < 1.29 is 60.0 Å². The molecule has 0 saturated carbocycles. The van der Waals surface area contributed by atoms with Crippen LogP contribution in [0.25, 0.3) is 0 Å². The van der Waals surface area contributed by atoms with E-state index in [2.05, 4.69) is 20.8 Å². The minimum Gasteiger partial charge on any atom is -0.396 e. The van der Waals surface area contributed by atoms with Gasteiger partial charge in [-0.1, -0.05) is 33.6 Å². The normalized spacial score (nSPS) is 6.86. The Morgan fingerprint density at radius 3 is 1.05 bits per heavy atom. The zero-order valence-electron chi connectivity index (χ0n) is 11.3. The molecule has 0 aliphatic rings. The summed E-state index contributed by atoms with van der Waals surface area (Å²) in [4.78, 5) is 0. The van der Waals surface area contributed by atoms with Crippen LogP contribution in [0.1, 0.15) is 40.0 Å². The Bertz CT molecular complexity index is 87.7. The van der Waals surface area contributed by atoms with Gasteiger partial charge in [0.1, 0.15) is 0 Å². The molecule has 0 aromatic rings. The summed E-state index contributed by atoms with van der Waals surface area (Å²) in [6.45, 7) is 6.69. The van der Waals surface area contributed by atoms with Gasteiger partial charge in [-0.3, -0.25) is 0 Å². The van der Waals surface area contributed by atoms with Crippen LogP contribution in [-0.2, 0) is 0 Å². The fraction of sp³-hybridized carbons (Fsp3) is 1.00. The number of hydrogen-bond acceptors (Lipinski definition) is 1. The summed E-state index contributed by atoms with van der Waals surface area (Å²) in [5.41, 5.74) is 0.149. The summed E-state index contributed by atoms with van der Waals surface area (Å²) in [7, 11) is 0. The lowest BCUT2D eigenvalue weighted by atomic mass is 9.88. The van der Waals surface area contributed by atoms with Crippen molar-refractivity contribution >= 4 is 0 Å². The maximum absolute atomic E-state index is 8.82. The zero-order chi connectivity index (χ0) is 19.3. The molecule has 0 saturated heterocycles. The predicted octanol–water partition coefficient (Wildman–Crippen LogP) is 7.24. The molecule has 0 rings (SSSR count). The van der Waals surface area contributed by atoms with Gasteiger partial charge in [0.2, 0.25) is 0 Å². The van der Waals surface area contributed by atoms with Crippen molar-refractivity contribution in [1.82, 2.24) is 0 Å². The summed E-state index contributed by atoms with van der Waals surface area (Å²) in [6.07, 6.45) is 3.59. The first-order valence-corrected chi connectivity index (χ1v) is 4.59. The van der Waals surface area contributed by atoms with Crippen LogP contribution in [0.2, 0.25) is 0 Å². The van der Waals surface area contributed by atoms with E-state index in [1.54, 1.807) is 0 Å². The van der Waals surface area contributed by atoms with Crippen LogP contribution in [0.3, 0.4) is 0 Å². The monoisotopic (exact) mass is 358 g/mol. The van der Waals surface area contributed by atoms with Crippen LogP contribution in [0.15, 0.2) is 0 Å². The molecule has 21 heavy (non-hydrogen) atoms. The topological polar surface area (TPSA) is 20.2 Å². The Labute approximate surface area is 113 Å². The maximum Gasteiger partial charge on any atom is 0.0482 e. The van der Waals surface area contributed by atoms with Gasteiger partial charge in [-0.25, -0.2) is 0 Å². The number of hydrogen-bond donors (Lipinski definition) is 1. The molecular formula is C8H18F12O. The minimum atomic E-state index is 0.149. The molecule has 0 aromatic carbocycles. The van der Waals surface area contributed by atoms with Crippen molar-refractivity contribution in [1.29, 1.82) is 0 Å². The van der Waals surface area contributed by atoms with Crippen LogP contribution in [0.5, 0.6) is 0 Å². The van der Waals surface area contributed by atoms with Crippen molar-refractivity contribution in [3.63, 3.8) is 0 Å². The van der Waals surface area contributed by atoms with Crippen molar-refractivity contribution in [3.8, 4) is 0 Å². The SMILES string of the molecule is CCCCC(C)(C)CO.FF.FF.FF.FF.FF.FF. The van der Waals surface area contributed by atoms with Crippen LogP contribution < -0.4 is 0 Å². The highest BCUT2D eigenvalue weighted by Crippen LogP contribution is 2.21. The summed E-state index contributed by atoms with van der Waals surface area (Å²) in [5.74, 6) is 0. The molecule has 0 fully saturated rings. The second-order valence-electron chi connectivity index (χ2n) is 3.43. The summed E-state index contributed by atoms with van der Waals surface area (Å²) in [5, 5.41) is 8.82. The van der Waals surface area contributed by atoms with E-state index in [-0.39, 0.29) is 5.41 Å². The molecule has 0 aliphatic heterocycles. The van der Waals surface area contributed by atoms with E-state index in [1.807, 2.05) is 0 Å². The Morgan fingerprint density at radius 1 is 0.667 bits per heavy atom. The van der Waals surface area contributed by atoms with E-state index in [9.17, 15) is 0 Å². The first-order chi connectivity index (χ1) is 10.1. The number of aliphatic hydroxyl groups excluding tert-OH is 1. The van der Waals surface area contributed by atoms with Crippen LogP contribution in [0, 0.1) is 5.41 Å². The lowest BCUT2D eigenvalue weighted by Crippen LogP contribution is -2.15. The molecule has 1 nitrogen and oxygen atoms in total. The molecule has 140 valence electrons. The highest BCUT2D eigenvalue weighted by molar-refractivity contribution is 4.65. The molecule has 1 N–H and O–H groups in total. The van der Waals surface area contributed by atoms with Gasteiger partial charge in [-0.05, 0) is 11.8 Å².